The third kappa shape index (κ3) is 7.25. The van der Waals surface area contributed by atoms with Gasteiger partial charge >= 0.3 is 12.1 Å². The Kier molecular flexibility index (Phi) is 9.25. The number of nitrogens with zero attached hydrogens (tertiary/aromatic N) is 2. The summed E-state index contributed by atoms with van der Waals surface area (Å²) < 4.78 is 57.3. The number of alkyl halides is 3. The third-order valence-corrected chi connectivity index (χ3v) is 7.67. The number of amides is 2. The molecule has 3 aliphatic heterocycles. The highest BCUT2D eigenvalue weighted by Gasteiger charge is 2.47. The van der Waals surface area contributed by atoms with Crippen LogP contribution in [0.15, 0.2) is 48.5 Å². The van der Waals surface area contributed by atoms with Gasteiger partial charge in [0.15, 0.2) is 6.29 Å². The molecule has 3 saturated heterocycles. The Bertz CT molecular complexity index is 1210. The van der Waals surface area contributed by atoms with Crippen LogP contribution in [0.4, 0.5) is 18.9 Å². The molecule has 3 heterocycles. The standard InChI is InChI=1S/C29H34F3N3O6/c30-29(31,32)28(38)35-10-2-5-24(35)26(37)33-22-4-1-3-21(15-22)27-40-23(17-34-11-13-39-14-12-34)16-25(41-27)20-8-6-19(18-36)7-9-20/h1,3-4,6-9,15,23-25,27,36H,2,5,10-14,16-18H2,(H,33,37). The minimum atomic E-state index is -5.04. The molecule has 4 atom stereocenters. The number of halogens is 3. The van der Waals surface area contributed by atoms with Crippen molar-refractivity contribution in [3.8, 4) is 0 Å². The Hall–Kier alpha value is -3.03. The van der Waals surface area contributed by atoms with Crippen LogP contribution < -0.4 is 5.32 Å². The summed E-state index contributed by atoms with van der Waals surface area (Å²) in [4.78, 5) is 27.6. The maximum absolute atomic E-state index is 13.0. The molecule has 41 heavy (non-hydrogen) atoms. The predicted octanol–water partition coefficient (Wildman–Crippen LogP) is 3.55. The maximum Gasteiger partial charge on any atom is 0.471 e. The Balaban J connectivity index is 1.32. The molecular weight excluding hydrogens is 543 g/mol. The maximum atomic E-state index is 13.0. The topological polar surface area (TPSA) is 101 Å². The van der Waals surface area contributed by atoms with Gasteiger partial charge < -0.3 is 29.5 Å². The number of anilines is 1. The van der Waals surface area contributed by atoms with Gasteiger partial charge in [-0.25, -0.2) is 0 Å². The van der Waals surface area contributed by atoms with Gasteiger partial charge in [-0.1, -0.05) is 36.4 Å². The average molecular weight is 578 g/mol. The zero-order chi connectivity index (χ0) is 29.0. The number of aliphatic hydroxyl groups is 1. The predicted molar refractivity (Wildman–Crippen MR) is 142 cm³/mol. The lowest BCUT2D eigenvalue weighted by Gasteiger charge is -2.39. The molecule has 0 aliphatic carbocycles. The summed E-state index contributed by atoms with van der Waals surface area (Å²) in [5.41, 5.74) is 2.75. The first-order valence-corrected chi connectivity index (χ1v) is 13.8. The Morgan fingerprint density at radius 1 is 1.00 bits per heavy atom. The van der Waals surface area contributed by atoms with Crippen LogP contribution in [0, 0.1) is 0 Å². The van der Waals surface area contributed by atoms with Crippen molar-refractivity contribution in [2.24, 2.45) is 0 Å². The van der Waals surface area contributed by atoms with Crippen molar-refractivity contribution < 1.29 is 42.1 Å². The normalized spacial score (nSPS) is 25.7. The fourth-order valence-electron chi connectivity index (χ4n) is 5.54. The van der Waals surface area contributed by atoms with Gasteiger partial charge in [-0.2, -0.15) is 13.2 Å². The van der Waals surface area contributed by atoms with Crippen molar-refractivity contribution >= 4 is 17.5 Å². The van der Waals surface area contributed by atoms with E-state index in [-0.39, 0.29) is 31.8 Å². The minimum Gasteiger partial charge on any atom is -0.392 e. The second-order valence-electron chi connectivity index (χ2n) is 10.5. The zero-order valence-electron chi connectivity index (χ0n) is 22.5. The van der Waals surface area contributed by atoms with E-state index in [0.29, 0.717) is 48.8 Å². The number of hydrogen-bond donors (Lipinski definition) is 2. The van der Waals surface area contributed by atoms with Crippen LogP contribution >= 0.6 is 0 Å². The van der Waals surface area contributed by atoms with Gasteiger partial charge in [0.2, 0.25) is 5.91 Å². The number of ether oxygens (including phenoxy) is 3. The summed E-state index contributed by atoms with van der Waals surface area (Å²) in [7, 11) is 0. The van der Waals surface area contributed by atoms with Gasteiger partial charge in [0, 0.05) is 43.9 Å². The second kappa shape index (κ2) is 12.9. The molecule has 2 N–H and O–H groups in total. The van der Waals surface area contributed by atoms with E-state index in [2.05, 4.69) is 10.2 Å². The van der Waals surface area contributed by atoms with Crippen LogP contribution in [0.1, 0.15) is 48.3 Å². The number of likely N-dealkylation sites (tertiary alicyclic amines) is 1. The van der Waals surface area contributed by atoms with Crippen molar-refractivity contribution in [1.82, 2.24) is 9.80 Å². The van der Waals surface area contributed by atoms with Crippen molar-refractivity contribution in [1.29, 1.82) is 0 Å². The number of carbonyl (C=O) groups is 2. The van der Waals surface area contributed by atoms with Crippen LogP contribution in [0.2, 0.25) is 0 Å². The summed E-state index contributed by atoms with van der Waals surface area (Å²) in [6, 6.07) is 13.2. The number of morpholine rings is 1. The Morgan fingerprint density at radius 2 is 1.76 bits per heavy atom. The molecule has 9 nitrogen and oxygen atoms in total. The zero-order valence-corrected chi connectivity index (χ0v) is 22.5. The van der Waals surface area contributed by atoms with Crippen LogP contribution in [0.3, 0.4) is 0 Å². The van der Waals surface area contributed by atoms with E-state index < -0.39 is 30.3 Å². The minimum absolute atomic E-state index is 0.0569. The van der Waals surface area contributed by atoms with Gasteiger partial charge in [0.1, 0.15) is 6.04 Å². The third-order valence-electron chi connectivity index (χ3n) is 7.67. The molecule has 3 aliphatic rings. The van der Waals surface area contributed by atoms with Crippen LogP contribution in [-0.2, 0) is 30.4 Å². The van der Waals surface area contributed by atoms with E-state index in [4.69, 9.17) is 14.2 Å². The number of benzene rings is 2. The summed E-state index contributed by atoms with van der Waals surface area (Å²) in [5.74, 6) is -2.67. The molecular formula is C29H34F3N3O6. The molecule has 0 bridgehead atoms. The summed E-state index contributed by atoms with van der Waals surface area (Å²) in [6.45, 7) is 3.44. The van der Waals surface area contributed by atoms with Crippen LogP contribution in [0.25, 0.3) is 0 Å². The monoisotopic (exact) mass is 577 g/mol. The molecule has 0 radical (unpaired) electrons. The number of rotatable bonds is 7. The van der Waals surface area contributed by atoms with Gasteiger partial charge in [-0.3, -0.25) is 14.5 Å². The Labute approximate surface area is 236 Å². The highest BCUT2D eigenvalue weighted by molar-refractivity contribution is 5.98. The molecule has 12 heteroatoms. The lowest BCUT2D eigenvalue weighted by molar-refractivity contribution is -0.253. The lowest BCUT2D eigenvalue weighted by Crippen LogP contribution is -2.48. The molecule has 2 aromatic carbocycles. The number of aliphatic hydroxyl groups excluding tert-OH is 1. The van der Waals surface area contributed by atoms with Gasteiger partial charge in [-0.05, 0) is 36.1 Å². The van der Waals surface area contributed by atoms with E-state index in [1.54, 1.807) is 24.3 Å². The largest absolute Gasteiger partial charge is 0.471 e. The molecule has 0 spiro atoms. The molecule has 3 fully saturated rings. The Morgan fingerprint density at radius 3 is 2.46 bits per heavy atom. The molecule has 2 amide bonds. The van der Waals surface area contributed by atoms with E-state index in [0.717, 1.165) is 24.2 Å². The smallest absolute Gasteiger partial charge is 0.392 e. The van der Waals surface area contributed by atoms with Crippen molar-refractivity contribution in [3.05, 3.63) is 65.2 Å². The summed E-state index contributed by atoms with van der Waals surface area (Å²) in [6.07, 6.45) is -5.15. The molecule has 4 unspecified atom stereocenters. The first-order valence-electron chi connectivity index (χ1n) is 13.8. The van der Waals surface area contributed by atoms with E-state index in [1.165, 1.54) is 0 Å². The van der Waals surface area contributed by atoms with Gasteiger partial charge in [0.25, 0.3) is 0 Å². The molecule has 0 saturated carbocycles. The molecule has 5 rings (SSSR count). The molecule has 2 aromatic rings. The first-order chi connectivity index (χ1) is 19.7. The highest BCUT2D eigenvalue weighted by atomic mass is 19.4. The molecule has 222 valence electrons. The molecule has 0 aromatic heterocycles. The first kappa shape index (κ1) is 29.5. The SMILES string of the molecule is O=C(Nc1cccc(C2OC(CN3CCOCC3)CC(c3ccc(CO)cc3)O2)c1)C1CCCN1C(=O)C(F)(F)F. The lowest BCUT2D eigenvalue weighted by atomic mass is 9.99. The van der Waals surface area contributed by atoms with Gasteiger partial charge in [0.05, 0.1) is 32.0 Å². The van der Waals surface area contributed by atoms with Crippen molar-refractivity contribution in [2.75, 3.05) is 44.7 Å². The van der Waals surface area contributed by atoms with E-state index in [1.807, 2.05) is 24.3 Å². The van der Waals surface area contributed by atoms with Crippen molar-refractivity contribution in [2.45, 2.75) is 56.6 Å². The average Bonchev–Trinajstić information content (AvgIpc) is 3.47. The van der Waals surface area contributed by atoms with E-state index in [9.17, 15) is 27.9 Å². The quantitative estimate of drug-likeness (QED) is 0.519. The van der Waals surface area contributed by atoms with Crippen LogP contribution in [-0.4, -0.2) is 84.4 Å². The highest BCUT2D eigenvalue weighted by Crippen LogP contribution is 2.39. The summed E-state index contributed by atoms with van der Waals surface area (Å²) in [5, 5.41) is 12.1. The second-order valence-corrected chi connectivity index (χ2v) is 10.5. The van der Waals surface area contributed by atoms with E-state index >= 15 is 0 Å². The van der Waals surface area contributed by atoms with Gasteiger partial charge in [-0.15, -0.1) is 0 Å². The number of hydrogen-bond acceptors (Lipinski definition) is 7. The van der Waals surface area contributed by atoms with Crippen molar-refractivity contribution in [3.63, 3.8) is 0 Å². The number of carbonyl (C=O) groups excluding carboxylic acids is 2. The summed E-state index contributed by atoms with van der Waals surface area (Å²) >= 11 is 0. The number of nitrogens with one attached hydrogen (secondary N) is 1. The fourth-order valence-corrected chi connectivity index (χ4v) is 5.54. The fraction of sp³-hybridized carbons (Fsp3) is 0.517. The van der Waals surface area contributed by atoms with Crippen LogP contribution in [0.5, 0.6) is 0 Å².